The van der Waals surface area contributed by atoms with Crippen LogP contribution in [0, 0.1) is 0 Å². The van der Waals surface area contributed by atoms with Crippen molar-refractivity contribution in [2.45, 2.75) is 44.6 Å². The smallest absolute Gasteiger partial charge is 0.261 e. The van der Waals surface area contributed by atoms with Crippen LogP contribution in [0.3, 0.4) is 0 Å². The Labute approximate surface area is 115 Å². The summed E-state index contributed by atoms with van der Waals surface area (Å²) in [6, 6.07) is 0.232. The molecule has 1 rings (SSSR count). The summed E-state index contributed by atoms with van der Waals surface area (Å²) in [6.07, 6.45) is 2.04. The summed E-state index contributed by atoms with van der Waals surface area (Å²) in [5, 5.41) is 0.774. The molecule has 1 atom stereocenters. The highest BCUT2D eigenvalue weighted by Gasteiger charge is 2.24. The van der Waals surface area contributed by atoms with Crippen LogP contribution in [0.2, 0.25) is 0 Å². The molecule has 0 spiro atoms. The number of rotatable bonds is 6. The van der Waals surface area contributed by atoms with Gasteiger partial charge in [0.1, 0.15) is 6.61 Å². The van der Waals surface area contributed by atoms with Gasteiger partial charge in [-0.2, -0.15) is 0 Å². The van der Waals surface area contributed by atoms with E-state index >= 15 is 0 Å². The quantitative estimate of drug-likeness (QED) is 0.554. The fourth-order valence-corrected chi connectivity index (χ4v) is 2.81. The van der Waals surface area contributed by atoms with Crippen LogP contribution in [-0.4, -0.2) is 48.4 Å². The van der Waals surface area contributed by atoms with E-state index in [4.69, 9.17) is 4.74 Å². The van der Waals surface area contributed by atoms with Gasteiger partial charge < -0.3 is 9.64 Å². The van der Waals surface area contributed by atoms with E-state index in [1.54, 1.807) is 0 Å². The Morgan fingerprint density at radius 3 is 2.83 bits per heavy atom. The van der Waals surface area contributed by atoms with Crippen LogP contribution in [-0.2, 0) is 9.53 Å². The molecule has 6 heteroatoms. The normalized spacial score (nSPS) is 21.1. The molecule has 1 fully saturated rings. The zero-order valence-electron chi connectivity index (χ0n) is 10.4. The molecule has 1 unspecified atom stereocenters. The summed E-state index contributed by atoms with van der Waals surface area (Å²) >= 11 is 3.43. The maximum Gasteiger partial charge on any atom is 0.261 e. The SMILES string of the molecule is O=C(CCOCC(F)F)N1CCCCCC1CBr. The number of carbonyl (C=O) groups excluding carboxylic acids is 1. The third kappa shape index (κ3) is 5.61. The van der Waals surface area contributed by atoms with Crippen molar-refractivity contribution in [2.75, 3.05) is 25.1 Å². The number of halogens is 3. The third-order valence-corrected chi connectivity index (χ3v) is 3.83. The standard InChI is InChI=1S/C12H20BrF2NO2/c13-8-10-4-2-1-3-6-16(10)12(17)5-7-18-9-11(14)15/h10-11H,1-9H2. The largest absolute Gasteiger partial charge is 0.375 e. The predicted octanol–water partition coefficient (Wildman–Crippen LogP) is 2.82. The van der Waals surface area contributed by atoms with Gasteiger partial charge in [-0.15, -0.1) is 0 Å². The average Bonchev–Trinajstić information content (AvgIpc) is 2.59. The lowest BCUT2D eigenvalue weighted by atomic mass is 10.1. The first-order valence-electron chi connectivity index (χ1n) is 6.36. The summed E-state index contributed by atoms with van der Waals surface area (Å²) in [6.45, 7) is 0.258. The van der Waals surface area contributed by atoms with Crippen LogP contribution < -0.4 is 0 Å². The molecule has 3 nitrogen and oxygen atoms in total. The molecule has 0 aliphatic carbocycles. The second kappa shape index (κ2) is 8.80. The molecule has 1 saturated heterocycles. The van der Waals surface area contributed by atoms with Crippen molar-refractivity contribution >= 4 is 21.8 Å². The molecule has 1 amide bonds. The van der Waals surface area contributed by atoms with Gasteiger partial charge in [0.15, 0.2) is 0 Å². The van der Waals surface area contributed by atoms with Gasteiger partial charge in [-0.3, -0.25) is 4.79 Å². The number of carbonyl (C=O) groups is 1. The molecule has 0 saturated carbocycles. The van der Waals surface area contributed by atoms with Crippen molar-refractivity contribution in [1.29, 1.82) is 0 Å². The van der Waals surface area contributed by atoms with E-state index in [1.165, 1.54) is 0 Å². The first-order valence-corrected chi connectivity index (χ1v) is 7.48. The van der Waals surface area contributed by atoms with E-state index in [0.717, 1.165) is 37.6 Å². The van der Waals surface area contributed by atoms with Crippen LogP contribution in [0.5, 0.6) is 0 Å². The lowest BCUT2D eigenvalue weighted by molar-refractivity contribution is -0.134. The summed E-state index contributed by atoms with van der Waals surface area (Å²) < 4.78 is 28.5. The first-order chi connectivity index (χ1) is 8.65. The summed E-state index contributed by atoms with van der Waals surface area (Å²) in [5.41, 5.74) is 0. The number of ether oxygens (including phenoxy) is 1. The highest BCUT2D eigenvalue weighted by Crippen LogP contribution is 2.19. The lowest BCUT2D eigenvalue weighted by Crippen LogP contribution is -2.41. The number of nitrogens with zero attached hydrogens (tertiary/aromatic N) is 1. The molecule has 0 aromatic heterocycles. The monoisotopic (exact) mass is 327 g/mol. The van der Waals surface area contributed by atoms with Crippen LogP contribution in [0.25, 0.3) is 0 Å². The van der Waals surface area contributed by atoms with Crippen LogP contribution in [0.15, 0.2) is 0 Å². The number of likely N-dealkylation sites (tertiary alicyclic amines) is 1. The molecule has 18 heavy (non-hydrogen) atoms. The number of hydrogen-bond donors (Lipinski definition) is 0. The van der Waals surface area contributed by atoms with E-state index in [9.17, 15) is 13.6 Å². The van der Waals surface area contributed by atoms with Gasteiger partial charge >= 0.3 is 0 Å². The van der Waals surface area contributed by atoms with Crippen LogP contribution >= 0.6 is 15.9 Å². The predicted molar refractivity (Wildman–Crippen MR) is 69.2 cm³/mol. The van der Waals surface area contributed by atoms with Gasteiger partial charge in [0.05, 0.1) is 13.0 Å². The minimum atomic E-state index is -2.46. The Bertz CT molecular complexity index is 254. The van der Waals surface area contributed by atoms with Gasteiger partial charge in [0.2, 0.25) is 5.91 Å². The van der Waals surface area contributed by atoms with Gasteiger partial charge in [-0.25, -0.2) is 8.78 Å². The Balaban J connectivity index is 2.33. The zero-order chi connectivity index (χ0) is 13.4. The van der Waals surface area contributed by atoms with Gasteiger partial charge in [-0.1, -0.05) is 28.8 Å². The van der Waals surface area contributed by atoms with E-state index in [-0.39, 0.29) is 25.0 Å². The van der Waals surface area contributed by atoms with Crippen LogP contribution in [0.4, 0.5) is 8.78 Å². The first kappa shape index (κ1) is 15.8. The van der Waals surface area contributed by atoms with Gasteiger partial charge in [0, 0.05) is 17.9 Å². The Kier molecular flexibility index (Phi) is 7.74. The Morgan fingerprint density at radius 1 is 1.39 bits per heavy atom. The molecule has 1 aliphatic rings. The van der Waals surface area contributed by atoms with Crippen molar-refractivity contribution < 1.29 is 18.3 Å². The number of hydrogen-bond acceptors (Lipinski definition) is 2. The Hall–Kier alpha value is -0.230. The van der Waals surface area contributed by atoms with E-state index in [2.05, 4.69) is 15.9 Å². The van der Waals surface area contributed by atoms with Gasteiger partial charge in [-0.05, 0) is 12.8 Å². The second-order valence-corrected chi connectivity index (χ2v) is 5.11. The van der Waals surface area contributed by atoms with Crippen LogP contribution in [0.1, 0.15) is 32.1 Å². The fourth-order valence-electron chi connectivity index (χ4n) is 2.14. The summed E-state index contributed by atoms with van der Waals surface area (Å²) in [7, 11) is 0. The third-order valence-electron chi connectivity index (χ3n) is 3.08. The van der Waals surface area contributed by atoms with E-state index in [0.29, 0.717) is 0 Å². The molecule has 1 heterocycles. The second-order valence-electron chi connectivity index (χ2n) is 4.46. The molecule has 0 bridgehead atoms. The topological polar surface area (TPSA) is 29.5 Å². The van der Waals surface area contributed by atoms with E-state index in [1.807, 2.05) is 4.90 Å². The molecule has 1 aliphatic heterocycles. The fraction of sp³-hybridized carbons (Fsp3) is 0.917. The molecular weight excluding hydrogens is 308 g/mol. The maximum atomic E-state index is 12.0. The summed E-state index contributed by atoms with van der Waals surface area (Å²) in [4.78, 5) is 13.9. The molecule has 0 aromatic rings. The van der Waals surface area contributed by atoms with Crippen molar-refractivity contribution in [3.8, 4) is 0 Å². The maximum absolute atomic E-state index is 12.0. The zero-order valence-corrected chi connectivity index (χ0v) is 12.0. The van der Waals surface area contributed by atoms with Crippen molar-refractivity contribution in [3.05, 3.63) is 0 Å². The van der Waals surface area contributed by atoms with Crippen molar-refractivity contribution in [1.82, 2.24) is 4.90 Å². The number of amides is 1. The Morgan fingerprint density at radius 2 is 2.17 bits per heavy atom. The minimum Gasteiger partial charge on any atom is -0.375 e. The lowest BCUT2D eigenvalue weighted by Gasteiger charge is -2.28. The molecular formula is C12H20BrF2NO2. The molecule has 0 N–H and O–H groups in total. The van der Waals surface area contributed by atoms with Crippen molar-refractivity contribution in [2.24, 2.45) is 0 Å². The van der Waals surface area contributed by atoms with Gasteiger partial charge in [0.25, 0.3) is 6.43 Å². The highest BCUT2D eigenvalue weighted by molar-refractivity contribution is 9.09. The number of alkyl halides is 3. The summed E-state index contributed by atoms with van der Waals surface area (Å²) in [5.74, 6) is 0.00983. The van der Waals surface area contributed by atoms with E-state index < -0.39 is 13.0 Å². The molecule has 0 radical (unpaired) electrons. The highest BCUT2D eigenvalue weighted by atomic mass is 79.9. The van der Waals surface area contributed by atoms with Crippen molar-refractivity contribution in [3.63, 3.8) is 0 Å². The molecule has 0 aromatic carbocycles. The average molecular weight is 328 g/mol. The molecule has 106 valence electrons. The minimum absolute atomic E-state index is 0.00983.